The number of hydrogen-bond donors (Lipinski definition) is 1. The molecule has 0 spiro atoms. The van der Waals surface area contributed by atoms with E-state index in [1.807, 2.05) is 41.2 Å². The number of benzene rings is 1. The van der Waals surface area contributed by atoms with E-state index >= 15 is 0 Å². The van der Waals surface area contributed by atoms with Gasteiger partial charge in [0.1, 0.15) is 0 Å². The predicted molar refractivity (Wildman–Crippen MR) is 93.4 cm³/mol. The quantitative estimate of drug-likeness (QED) is 0.867. The first-order valence-corrected chi connectivity index (χ1v) is 8.72. The molecule has 24 heavy (non-hydrogen) atoms. The number of hydrogen-bond acceptors (Lipinski definition) is 3. The molecule has 1 fully saturated rings. The highest BCUT2D eigenvalue weighted by Gasteiger charge is 2.21. The molecular formula is C18H22ClN3O2. The van der Waals surface area contributed by atoms with Crippen molar-refractivity contribution in [3.63, 3.8) is 0 Å². The highest BCUT2D eigenvalue weighted by molar-refractivity contribution is 6.30. The Morgan fingerprint density at radius 2 is 2.08 bits per heavy atom. The van der Waals surface area contributed by atoms with Crippen LogP contribution in [0, 0.1) is 5.92 Å². The maximum atomic E-state index is 10.7. The average molecular weight is 348 g/mol. The van der Waals surface area contributed by atoms with Crippen molar-refractivity contribution in [2.24, 2.45) is 5.92 Å². The van der Waals surface area contributed by atoms with Gasteiger partial charge >= 0.3 is 5.97 Å². The molecule has 1 aromatic heterocycles. The van der Waals surface area contributed by atoms with Crippen molar-refractivity contribution < 1.29 is 9.90 Å². The van der Waals surface area contributed by atoms with E-state index in [9.17, 15) is 4.79 Å². The van der Waals surface area contributed by atoms with E-state index in [1.165, 1.54) is 0 Å². The lowest BCUT2D eigenvalue weighted by molar-refractivity contribution is -0.137. The van der Waals surface area contributed by atoms with Gasteiger partial charge < -0.3 is 5.11 Å². The molecule has 2 heterocycles. The van der Waals surface area contributed by atoms with Crippen molar-refractivity contribution in [1.29, 1.82) is 0 Å². The fraction of sp³-hybridized carbons (Fsp3) is 0.444. The average Bonchev–Trinajstić information content (AvgIpc) is 3.02. The molecule has 1 saturated heterocycles. The molecule has 1 aliphatic heterocycles. The Hall–Kier alpha value is -1.85. The van der Waals surface area contributed by atoms with E-state index in [1.54, 1.807) is 0 Å². The van der Waals surface area contributed by atoms with Crippen LogP contribution in [0.15, 0.2) is 36.5 Å². The molecule has 0 aliphatic carbocycles. The fourth-order valence-electron chi connectivity index (χ4n) is 3.27. The standard InChI is InChI=1S/C18H22ClN3O2/c19-15-4-6-17(7-5-15)22-11-9-16(20-22)13-21-10-1-2-14(12-21)3-8-18(23)24/h4-7,9,11,14H,1-3,8,10,12-13H2,(H,23,24). The Kier molecular flexibility index (Phi) is 5.53. The SMILES string of the molecule is O=C(O)CCC1CCCN(Cc2ccn(-c3ccc(Cl)cc3)n2)C1. The van der Waals surface area contributed by atoms with Crippen LogP contribution in [-0.2, 0) is 11.3 Å². The molecular weight excluding hydrogens is 326 g/mol. The van der Waals surface area contributed by atoms with Crippen molar-refractivity contribution in [2.45, 2.75) is 32.2 Å². The van der Waals surface area contributed by atoms with Crippen LogP contribution >= 0.6 is 11.6 Å². The van der Waals surface area contributed by atoms with E-state index in [0.29, 0.717) is 10.9 Å². The highest BCUT2D eigenvalue weighted by Crippen LogP contribution is 2.22. The molecule has 1 aromatic carbocycles. The minimum absolute atomic E-state index is 0.268. The lowest BCUT2D eigenvalue weighted by Crippen LogP contribution is -2.35. The minimum atomic E-state index is -0.700. The summed E-state index contributed by atoms with van der Waals surface area (Å²) < 4.78 is 1.86. The monoisotopic (exact) mass is 347 g/mol. The van der Waals surface area contributed by atoms with E-state index in [4.69, 9.17) is 16.7 Å². The van der Waals surface area contributed by atoms with Gasteiger partial charge in [0.05, 0.1) is 11.4 Å². The lowest BCUT2D eigenvalue weighted by atomic mass is 9.93. The smallest absolute Gasteiger partial charge is 0.303 e. The summed E-state index contributed by atoms with van der Waals surface area (Å²) >= 11 is 5.92. The molecule has 128 valence electrons. The van der Waals surface area contributed by atoms with Crippen LogP contribution in [0.25, 0.3) is 5.69 Å². The van der Waals surface area contributed by atoms with Crippen LogP contribution in [0.3, 0.4) is 0 Å². The van der Waals surface area contributed by atoms with E-state index in [-0.39, 0.29) is 6.42 Å². The molecule has 0 amide bonds. The Morgan fingerprint density at radius 3 is 2.83 bits per heavy atom. The first-order chi connectivity index (χ1) is 11.6. The summed E-state index contributed by atoms with van der Waals surface area (Å²) in [5.74, 6) is -0.220. The molecule has 1 N–H and O–H groups in total. The van der Waals surface area contributed by atoms with Crippen LogP contribution in [0.2, 0.25) is 5.02 Å². The van der Waals surface area contributed by atoms with Gasteiger partial charge in [0.25, 0.3) is 0 Å². The summed E-state index contributed by atoms with van der Waals surface area (Å²) in [5.41, 5.74) is 2.02. The van der Waals surface area contributed by atoms with Crippen LogP contribution in [-0.4, -0.2) is 38.8 Å². The summed E-state index contributed by atoms with van der Waals surface area (Å²) in [6.07, 6.45) is 5.25. The predicted octanol–water partition coefficient (Wildman–Crippen LogP) is 3.60. The number of rotatable bonds is 6. The molecule has 6 heteroatoms. The molecule has 2 aromatic rings. The van der Waals surface area contributed by atoms with E-state index in [2.05, 4.69) is 10.00 Å². The fourth-order valence-corrected chi connectivity index (χ4v) is 3.40. The third-order valence-corrected chi connectivity index (χ3v) is 4.74. The number of halogens is 1. The Bertz CT molecular complexity index is 684. The van der Waals surface area contributed by atoms with Crippen LogP contribution in [0.1, 0.15) is 31.4 Å². The number of carboxylic acids is 1. The van der Waals surface area contributed by atoms with Crippen molar-refractivity contribution in [1.82, 2.24) is 14.7 Å². The maximum Gasteiger partial charge on any atom is 0.303 e. The second-order valence-electron chi connectivity index (χ2n) is 6.40. The topological polar surface area (TPSA) is 58.4 Å². The number of likely N-dealkylation sites (tertiary alicyclic amines) is 1. The summed E-state index contributed by atoms with van der Waals surface area (Å²) in [5, 5.41) is 14.2. The number of piperidine rings is 1. The highest BCUT2D eigenvalue weighted by atomic mass is 35.5. The molecule has 3 rings (SSSR count). The van der Waals surface area contributed by atoms with Crippen LogP contribution in [0.4, 0.5) is 0 Å². The molecule has 0 radical (unpaired) electrons. The Balaban J connectivity index is 1.58. The maximum absolute atomic E-state index is 10.7. The first kappa shape index (κ1) is 17.0. The van der Waals surface area contributed by atoms with E-state index < -0.39 is 5.97 Å². The van der Waals surface area contributed by atoms with Gasteiger partial charge in [-0.15, -0.1) is 0 Å². The van der Waals surface area contributed by atoms with E-state index in [0.717, 1.165) is 50.3 Å². The van der Waals surface area contributed by atoms with Gasteiger partial charge in [-0.3, -0.25) is 9.69 Å². The summed E-state index contributed by atoms with van der Waals surface area (Å²) in [6.45, 7) is 2.82. The summed E-state index contributed by atoms with van der Waals surface area (Å²) in [4.78, 5) is 13.1. The summed E-state index contributed by atoms with van der Waals surface area (Å²) in [6, 6.07) is 9.64. The zero-order valence-corrected chi connectivity index (χ0v) is 14.3. The Labute approximate surface area is 146 Å². The molecule has 1 unspecified atom stereocenters. The van der Waals surface area contributed by atoms with Gasteiger partial charge in [-0.25, -0.2) is 4.68 Å². The first-order valence-electron chi connectivity index (χ1n) is 8.35. The molecule has 5 nitrogen and oxygen atoms in total. The lowest BCUT2D eigenvalue weighted by Gasteiger charge is -2.32. The van der Waals surface area contributed by atoms with Crippen LogP contribution < -0.4 is 0 Å². The molecule has 1 aliphatic rings. The third kappa shape index (κ3) is 4.58. The number of carbonyl (C=O) groups is 1. The van der Waals surface area contributed by atoms with Gasteiger partial charge in [-0.2, -0.15) is 5.10 Å². The molecule has 0 saturated carbocycles. The zero-order chi connectivity index (χ0) is 16.9. The summed E-state index contributed by atoms with van der Waals surface area (Å²) in [7, 11) is 0. The number of carboxylic acid groups (broad SMARTS) is 1. The van der Waals surface area contributed by atoms with Gasteiger partial charge in [0, 0.05) is 30.7 Å². The van der Waals surface area contributed by atoms with Crippen LogP contribution in [0.5, 0.6) is 0 Å². The molecule has 1 atom stereocenters. The number of nitrogens with zero attached hydrogens (tertiary/aromatic N) is 3. The Morgan fingerprint density at radius 1 is 1.29 bits per heavy atom. The normalized spacial score (nSPS) is 18.6. The second kappa shape index (κ2) is 7.81. The van der Waals surface area contributed by atoms with Crippen molar-refractivity contribution in [2.75, 3.05) is 13.1 Å². The van der Waals surface area contributed by atoms with Gasteiger partial charge in [0.2, 0.25) is 0 Å². The van der Waals surface area contributed by atoms with Gasteiger partial charge in [-0.1, -0.05) is 11.6 Å². The number of aliphatic carboxylic acids is 1. The van der Waals surface area contributed by atoms with Crippen molar-refractivity contribution >= 4 is 17.6 Å². The number of aromatic nitrogens is 2. The second-order valence-corrected chi connectivity index (χ2v) is 6.84. The van der Waals surface area contributed by atoms with Crippen molar-refractivity contribution in [3.05, 3.63) is 47.2 Å². The van der Waals surface area contributed by atoms with Gasteiger partial charge in [0.15, 0.2) is 0 Å². The van der Waals surface area contributed by atoms with Gasteiger partial charge in [-0.05, 0) is 62.1 Å². The van der Waals surface area contributed by atoms with Crippen molar-refractivity contribution in [3.8, 4) is 5.69 Å². The molecule has 0 bridgehead atoms. The minimum Gasteiger partial charge on any atom is -0.481 e. The zero-order valence-electron chi connectivity index (χ0n) is 13.6. The largest absolute Gasteiger partial charge is 0.481 e. The third-order valence-electron chi connectivity index (χ3n) is 4.49.